The van der Waals surface area contributed by atoms with Crippen LogP contribution in [0.2, 0.25) is 0 Å². The largest absolute Gasteiger partial charge is 0.497 e. The molecule has 2 aromatic heterocycles. The number of hydrogen-bond acceptors (Lipinski definition) is 5. The molecule has 6 heteroatoms. The molecule has 0 aliphatic heterocycles. The normalized spacial score (nSPS) is 11.1. The number of hydrogen-bond donors (Lipinski definition) is 0. The molecule has 4 aromatic rings. The van der Waals surface area contributed by atoms with Gasteiger partial charge in [-0.1, -0.05) is 12.1 Å². The topological polar surface area (TPSA) is 66.2 Å². The maximum atomic E-state index is 12.2. The fourth-order valence-electron chi connectivity index (χ4n) is 3.61. The van der Waals surface area contributed by atoms with Gasteiger partial charge in [0.15, 0.2) is 0 Å². The highest BCUT2D eigenvalue weighted by molar-refractivity contribution is 5.94. The summed E-state index contributed by atoms with van der Waals surface area (Å²) in [5.74, 6) is 1.27. The van der Waals surface area contributed by atoms with E-state index < -0.39 is 0 Å². The van der Waals surface area contributed by atoms with Gasteiger partial charge in [0.25, 0.3) is 0 Å². The van der Waals surface area contributed by atoms with Crippen LogP contribution < -0.4 is 4.74 Å². The van der Waals surface area contributed by atoms with Crippen LogP contribution in [-0.2, 0) is 16.0 Å². The number of carbonyl (C=O) groups excluding carboxylic acids is 1. The molecule has 0 unspecified atom stereocenters. The standard InChI is InChI=1S/C22H21N3O3/c1-4-28-21(26)12-17-14(2)25(20-10-9-15(27-3)11-18(17)20)22-16-7-5-6-8-19(16)23-13-24-22/h5-11,13H,4,12H2,1-3H3. The van der Waals surface area contributed by atoms with Crippen molar-refractivity contribution in [2.45, 2.75) is 20.3 Å². The number of nitrogens with zero attached hydrogens (tertiary/aromatic N) is 3. The van der Waals surface area contributed by atoms with Crippen molar-refractivity contribution in [3.8, 4) is 11.6 Å². The van der Waals surface area contributed by atoms with E-state index in [1.54, 1.807) is 13.4 Å². The maximum Gasteiger partial charge on any atom is 0.310 e. The van der Waals surface area contributed by atoms with Crippen molar-refractivity contribution in [1.82, 2.24) is 14.5 Å². The lowest BCUT2D eigenvalue weighted by Gasteiger charge is -2.10. The molecule has 0 bridgehead atoms. The van der Waals surface area contributed by atoms with Crippen molar-refractivity contribution in [3.63, 3.8) is 0 Å². The molecule has 0 spiro atoms. The van der Waals surface area contributed by atoms with Gasteiger partial charge < -0.3 is 9.47 Å². The molecule has 2 heterocycles. The molecule has 0 aliphatic rings. The van der Waals surface area contributed by atoms with Gasteiger partial charge in [0.2, 0.25) is 0 Å². The smallest absolute Gasteiger partial charge is 0.310 e. The van der Waals surface area contributed by atoms with Gasteiger partial charge in [0.05, 0.1) is 31.2 Å². The van der Waals surface area contributed by atoms with E-state index in [-0.39, 0.29) is 12.4 Å². The Bertz CT molecular complexity index is 1180. The SMILES string of the molecule is CCOC(=O)Cc1c(C)n(-c2ncnc3ccccc23)c2ccc(OC)cc12. The molecule has 0 amide bonds. The number of carbonyl (C=O) groups is 1. The summed E-state index contributed by atoms with van der Waals surface area (Å²) in [4.78, 5) is 21.2. The van der Waals surface area contributed by atoms with Crippen LogP contribution in [0.1, 0.15) is 18.2 Å². The molecule has 0 atom stereocenters. The van der Waals surface area contributed by atoms with E-state index in [2.05, 4.69) is 14.5 Å². The zero-order chi connectivity index (χ0) is 19.7. The van der Waals surface area contributed by atoms with Crippen LogP contribution >= 0.6 is 0 Å². The first-order valence-electron chi connectivity index (χ1n) is 9.17. The van der Waals surface area contributed by atoms with E-state index in [1.165, 1.54) is 0 Å². The molecule has 6 nitrogen and oxygen atoms in total. The molecule has 142 valence electrons. The van der Waals surface area contributed by atoms with E-state index in [4.69, 9.17) is 9.47 Å². The highest BCUT2D eigenvalue weighted by atomic mass is 16.5. The molecule has 0 aliphatic carbocycles. The summed E-state index contributed by atoms with van der Waals surface area (Å²) in [6.07, 6.45) is 1.76. The first-order valence-corrected chi connectivity index (χ1v) is 9.17. The first kappa shape index (κ1) is 18.0. The second-order valence-corrected chi connectivity index (χ2v) is 6.48. The van der Waals surface area contributed by atoms with Crippen LogP contribution in [0.15, 0.2) is 48.8 Å². The van der Waals surface area contributed by atoms with Gasteiger partial charge in [-0.25, -0.2) is 9.97 Å². The van der Waals surface area contributed by atoms with Crippen molar-refractivity contribution in [2.75, 3.05) is 13.7 Å². The summed E-state index contributed by atoms with van der Waals surface area (Å²) in [5.41, 5.74) is 3.69. The van der Waals surface area contributed by atoms with Crippen LogP contribution in [0.3, 0.4) is 0 Å². The van der Waals surface area contributed by atoms with Gasteiger partial charge in [-0.3, -0.25) is 9.36 Å². The van der Waals surface area contributed by atoms with Gasteiger partial charge in [-0.15, -0.1) is 0 Å². The predicted molar refractivity (Wildman–Crippen MR) is 108 cm³/mol. The second-order valence-electron chi connectivity index (χ2n) is 6.48. The monoisotopic (exact) mass is 375 g/mol. The molecule has 0 saturated heterocycles. The molecule has 0 fully saturated rings. The minimum absolute atomic E-state index is 0.194. The summed E-state index contributed by atoms with van der Waals surface area (Å²) in [6.45, 7) is 4.17. The Morgan fingerprint density at radius 3 is 2.71 bits per heavy atom. The van der Waals surface area contributed by atoms with Crippen molar-refractivity contribution in [3.05, 3.63) is 60.0 Å². The van der Waals surface area contributed by atoms with Gasteiger partial charge >= 0.3 is 5.97 Å². The fourth-order valence-corrected chi connectivity index (χ4v) is 3.61. The molecular weight excluding hydrogens is 354 g/mol. The lowest BCUT2D eigenvalue weighted by atomic mass is 10.1. The van der Waals surface area contributed by atoms with E-state index >= 15 is 0 Å². The summed E-state index contributed by atoms with van der Waals surface area (Å²) in [6, 6.07) is 13.8. The predicted octanol–water partition coefficient (Wildman–Crippen LogP) is 4.00. The number of para-hydroxylation sites is 1. The van der Waals surface area contributed by atoms with Crippen LogP contribution in [0, 0.1) is 6.92 Å². The Hall–Kier alpha value is -3.41. The summed E-state index contributed by atoms with van der Waals surface area (Å²) in [5, 5.41) is 1.90. The van der Waals surface area contributed by atoms with Crippen molar-refractivity contribution < 1.29 is 14.3 Å². The van der Waals surface area contributed by atoms with Crippen LogP contribution in [0.25, 0.3) is 27.6 Å². The highest BCUT2D eigenvalue weighted by Crippen LogP contribution is 2.33. The molecule has 28 heavy (non-hydrogen) atoms. The van der Waals surface area contributed by atoms with Crippen molar-refractivity contribution in [2.24, 2.45) is 0 Å². The number of methoxy groups -OCH3 is 1. The van der Waals surface area contributed by atoms with E-state index in [9.17, 15) is 4.79 Å². The number of aromatic nitrogens is 3. The molecule has 0 N–H and O–H groups in total. The Morgan fingerprint density at radius 2 is 1.93 bits per heavy atom. The third-order valence-electron chi connectivity index (χ3n) is 4.90. The number of fused-ring (bicyclic) bond motifs is 2. The third kappa shape index (κ3) is 2.97. The molecular formula is C22H21N3O3. The van der Waals surface area contributed by atoms with E-state index in [0.29, 0.717) is 6.61 Å². The average molecular weight is 375 g/mol. The second kappa shape index (κ2) is 7.31. The quantitative estimate of drug-likeness (QED) is 0.493. The number of rotatable bonds is 5. The van der Waals surface area contributed by atoms with Gasteiger partial charge in [-0.2, -0.15) is 0 Å². The summed E-state index contributed by atoms with van der Waals surface area (Å²) >= 11 is 0. The minimum atomic E-state index is -0.250. The Kier molecular flexibility index (Phi) is 4.69. The van der Waals surface area contributed by atoms with Crippen LogP contribution in [0.5, 0.6) is 5.75 Å². The van der Waals surface area contributed by atoms with Crippen LogP contribution in [0.4, 0.5) is 0 Å². The van der Waals surface area contributed by atoms with Crippen LogP contribution in [-0.4, -0.2) is 34.2 Å². The third-order valence-corrected chi connectivity index (χ3v) is 4.90. The Morgan fingerprint density at radius 1 is 1.11 bits per heavy atom. The van der Waals surface area contributed by atoms with Crippen molar-refractivity contribution >= 4 is 27.8 Å². The first-order chi connectivity index (χ1) is 13.6. The van der Waals surface area contributed by atoms with Gasteiger partial charge in [-0.05, 0) is 49.7 Å². The summed E-state index contributed by atoms with van der Waals surface area (Å²) < 4.78 is 12.7. The van der Waals surface area contributed by atoms with E-state index in [0.717, 1.165) is 44.6 Å². The Labute approximate surface area is 162 Å². The van der Waals surface area contributed by atoms with E-state index in [1.807, 2.05) is 56.3 Å². The number of esters is 1. The van der Waals surface area contributed by atoms with Crippen molar-refractivity contribution in [1.29, 1.82) is 0 Å². The maximum absolute atomic E-state index is 12.2. The zero-order valence-corrected chi connectivity index (χ0v) is 16.1. The van der Waals surface area contributed by atoms with Gasteiger partial charge in [0.1, 0.15) is 17.9 Å². The highest BCUT2D eigenvalue weighted by Gasteiger charge is 2.20. The minimum Gasteiger partial charge on any atom is -0.497 e. The summed E-state index contributed by atoms with van der Waals surface area (Å²) in [7, 11) is 1.63. The molecule has 2 aromatic carbocycles. The molecule has 0 saturated carbocycles. The Balaban J connectivity index is 2.01. The average Bonchev–Trinajstić information content (AvgIpc) is 2.98. The lowest BCUT2D eigenvalue weighted by Crippen LogP contribution is -2.09. The number of benzene rings is 2. The fraction of sp³-hybridized carbons (Fsp3) is 0.227. The molecule has 4 rings (SSSR count). The number of ether oxygens (including phenoxy) is 2. The lowest BCUT2D eigenvalue weighted by molar-refractivity contribution is -0.142. The van der Waals surface area contributed by atoms with Gasteiger partial charge in [0, 0.05) is 16.5 Å². The molecule has 0 radical (unpaired) electrons. The zero-order valence-electron chi connectivity index (χ0n) is 16.1.